The van der Waals surface area contributed by atoms with Crippen LogP contribution in [0.25, 0.3) is 0 Å². The van der Waals surface area contributed by atoms with Gasteiger partial charge in [-0.15, -0.1) is 5.10 Å². The second kappa shape index (κ2) is 12.7. The van der Waals surface area contributed by atoms with E-state index in [1.54, 1.807) is 4.68 Å². The molecule has 2 unspecified atom stereocenters. The Balaban J connectivity index is 0.00000408. The number of carboxylic acid groups (broad SMARTS) is 1. The van der Waals surface area contributed by atoms with Gasteiger partial charge in [-0.3, -0.25) is 4.79 Å². The minimum Gasteiger partial charge on any atom is -0.550 e. The monoisotopic (exact) mass is 480 g/mol. The number of amides is 1. The van der Waals surface area contributed by atoms with Crippen molar-refractivity contribution in [1.29, 1.82) is 0 Å². The first-order chi connectivity index (χ1) is 15.6. The summed E-state index contributed by atoms with van der Waals surface area (Å²) in [5.74, 6) is -0.596. The maximum absolute atomic E-state index is 12.8. The van der Waals surface area contributed by atoms with Gasteiger partial charge in [-0.05, 0) is 39.8 Å². The molecule has 180 valence electrons. The fraction of sp³-hybridized carbons (Fsp3) is 0.609. The molecule has 0 radical (unpaired) electrons. The van der Waals surface area contributed by atoms with Crippen molar-refractivity contribution in [3.05, 3.63) is 41.2 Å². The van der Waals surface area contributed by atoms with Gasteiger partial charge in [0.05, 0.1) is 12.1 Å². The molecule has 0 saturated carbocycles. The number of hydrogen-bond acceptors (Lipinski definition) is 8. The predicted octanol–water partition coefficient (Wildman–Crippen LogP) is -2.78. The number of carbonyl (C=O) groups excluding carboxylic acids is 2. The van der Waals surface area contributed by atoms with E-state index in [-0.39, 0.29) is 53.5 Å². The molecule has 0 spiro atoms. The van der Waals surface area contributed by atoms with Crippen molar-refractivity contribution in [1.82, 2.24) is 30.4 Å². The summed E-state index contributed by atoms with van der Waals surface area (Å²) in [6.07, 6.45) is 0.356. The fourth-order valence-corrected chi connectivity index (χ4v) is 4.13. The number of aliphatic hydroxyl groups is 1. The molecule has 1 aromatic carbocycles. The zero-order valence-electron chi connectivity index (χ0n) is 20.5. The number of nitrogens with one attached hydrogen (secondary N) is 1. The van der Waals surface area contributed by atoms with Crippen molar-refractivity contribution in [2.75, 3.05) is 13.1 Å². The second-order valence-electron chi connectivity index (χ2n) is 9.64. The molecule has 3 rings (SSSR count). The van der Waals surface area contributed by atoms with Crippen LogP contribution < -0.4 is 40.0 Å². The van der Waals surface area contributed by atoms with E-state index < -0.39 is 18.5 Å². The summed E-state index contributed by atoms with van der Waals surface area (Å²) >= 11 is 0. The molecule has 11 heteroatoms. The number of tetrazole rings is 1. The number of carbonyl (C=O) groups is 2. The number of carboxylic acids is 1. The van der Waals surface area contributed by atoms with E-state index in [0.29, 0.717) is 31.8 Å². The number of nitrogens with zero attached hydrogens (tertiary/aromatic N) is 5. The summed E-state index contributed by atoms with van der Waals surface area (Å²) in [7, 11) is 0. The normalized spacial score (nSPS) is 15.2. The van der Waals surface area contributed by atoms with Crippen LogP contribution in [0.2, 0.25) is 0 Å². The van der Waals surface area contributed by atoms with Crippen LogP contribution in [0.4, 0.5) is 0 Å². The molecule has 2 N–H and O–H groups in total. The Morgan fingerprint density at radius 1 is 1.24 bits per heavy atom. The van der Waals surface area contributed by atoms with Gasteiger partial charge >= 0.3 is 29.6 Å². The minimum absolute atomic E-state index is 0. The van der Waals surface area contributed by atoms with Gasteiger partial charge < -0.3 is 25.2 Å². The Kier molecular flexibility index (Phi) is 10.6. The molecule has 2 heterocycles. The zero-order chi connectivity index (χ0) is 24.0. The number of benzene rings is 1. The van der Waals surface area contributed by atoms with Crippen molar-refractivity contribution < 1.29 is 49.4 Å². The first-order valence-corrected chi connectivity index (χ1v) is 11.4. The molecule has 1 aliphatic heterocycles. The average molecular weight is 481 g/mol. The first kappa shape index (κ1) is 28.4. The number of aliphatic carboxylic acids is 1. The third-order valence-electron chi connectivity index (χ3n) is 5.89. The van der Waals surface area contributed by atoms with Crippen LogP contribution in [0.15, 0.2) is 24.3 Å². The van der Waals surface area contributed by atoms with Gasteiger partial charge in [0.25, 0.3) is 0 Å². The van der Waals surface area contributed by atoms with E-state index in [4.69, 9.17) is 0 Å². The van der Waals surface area contributed by atoms with Gasteiger partial charge in [0.2, 0.25) is 5.91 Å². The Morgan fingerprint density at radius 3 is 2.62 bits per heavy atom. The first-order valence-electron chi connectivity index (χ1n) is 11.4. The Bertz CT molecular complexity index is 961. The molecular formula is C23H33N6NaO4. The quantitative estimate of drug-likeness (QED) is 0.349. The van der Waals surface area contributed by atoms with Gasteiger partial charge in [-0.25, -0.2) is 4.68 Å². The van der Waals surface area contributed by atoms with Gasteiger partial charge in [0, 0.05) is 45.0 Å². The molecule has 0 saturated heterocycles. The molecule has 1 amide bonds. The average Bonchev–Trinajstić information content (AvgIpc) is 3.20. The number of fused-ring (bicyclic) bond motifs is 1. The third-order valence-corrected chi connectivity index (χ3v) is 5.89. The van der Waals surface area contributed by atoms with Gasteiger partial charge in [0.1, 0.15) is 0 Å². The van der Waals surface area contributed by atoms with Crippen LogP contribution >= 0.6 is 0 Å². The standard InChI is InChI=1S/C23H34N6O4.Na/c1-23(2,3)21(24-14-18(30)13-20(32)33)22-25-26-27-29(22)11-6-9-19(31)28-12-10-16-7-4-5-8-17(16)15-28;/h4-5,7-8,18,21,24,30H,6,9-15H2,1-3H3,(H,32,33);/q;+1/p-1. The van der Waals surface area contributed by atoms with Gasteiger partial charge in [-0.2, -0.15) is 0 Å². The van der Waals surface area contributed by atoms with Gasteiger partial charge in [-0.1, -0.05) is 45.0 Å². The van der Waals surface area contributed by atoms with Crippen LogP contribution in [0.1, 0.15) is 63.0 Å². The number of aliphatic hydroxyl groups excluding tert-OH is 1. The van der Waals surface area contributed by atoms with Crippen molar-refractivity contribution in [2.45, 2.75) is 71.7 Å². The summed E-state index contributed by atoms with van der Waals surface area (Å²) in [6.45, 7) is 7.95. The molecule has 0 bridgehead atoms. The second-order valence-corrected chi connectivity index (χ2v) is 9.64. The number of aromatic nitrogens is 4. The van der Waals surface area contributed by atoms with E-state index in [1.165, 1.54) is 11.1 Å². The Labute approximate surface area is 222 Å². The van der Waals surface area contributed by atoms with Crippen LogP contribution in [0, 0.1) is 5.41 Å². The van der Waals surface area contributed by atoms with E-state index >= 15 is 0 Å². The number of aryl methyl sites for hydroxylation is 1. The Morgan fingerprint density at radius 2 is 1.94 bits per heavy atom. The molecule has 10 nitrogen and oxygen atoms in total. The van der Waals surface area contributed by atoms with Crippen LogP contribution in [0.3, 0.4) is 0 Å². The molecule has 1 aliphatic rings. The van der Waals surface area contributed by atoms with E-state index in [9.17, 15) is 19.8 Å². The summed E-state index contributed by atoms with van der Waals surface area (Å²) in [5, 5.41) is 35.9. The molecule has 0 aliphatic carbocycles. The van der Waals surface area contributed by atoms with Crippen LogP contribution in [-0.4, -0.2) is 61.3 Å². The largest absolute Gasteiger partial charge is 1.00 e. The number of hydrogen-bond donors (Lipinski definition) is 2. The van der Waals surface area contributed by atoms with Crippen molar-refractivity contribution in [2.24, 2.45) is 5.41 Å². The molecular weight excluding hydrogens is 447 g/mol. The van der Waals surface area contributed by atoms with Crippen LogP contribution in [-0.2, 0) is 29.1 Å². The zero-order valence-corrected chi connectivity index (χ0v) is 22.5. The molecule has 2 atom stereocenters. The van der Waals surface area contributed by atoms with Crippen LogP contribution in [0.5, 0.6) is 0 Å². The third kappa shape index (κ3) is 7.84. The summed E-state index contributed by atoms with van der Waals surface area (Å²) in [5.41, 5.74) is 2.22. The minimum atomic E-state index is -1.30. The maximum Gasteiger partial charge on any atom is 1.00 e. The van der Waals surface area contributed by atoms with E-state index in [0.717, 1.165) is 13.0 Å². The SMILES string of the molecule is CC(C)(C)C(NCC(O)CC(=O)[O-])c1nnnn1CCCC(=O)N1CCc2ccccc2C1.[Na+]. The smallest absolute Gasteiger partial charge is 0.550 e. The topological polar surface area (TPSA) is 136 Å². The summed E-state index contributed by atoms with van der Waals surface area (Å²) in [4.78, 5) is 25.4. The summed E-state index contributed by atoms with van der Waals surface area (Å²) < 4.78 is 1.67. The molecule has 34 heavy (non-hydrogen) atoms. The summed E-state index contributed by atoms with van der Waals surface area (Å²) in [6, 6.07) is 7.91. The maximum atomic E-state index is 12.8. The van der Waals surface area contributed by atoms with Crippen molar-refractivity contribution >= 4 is 11.9 Å². The molecule has 1 aromatic heterocycles. The predicted molar refractivity (Wildman–Crippen MR) is 118 cm³/mol. The fourth-order valence-electron chi connectivity index (χ4n) is 4.13. The number of rotatable bonds is 10. The molecule has 2 aromatic rings. The van der Waals surface area contributed by atoms with E-state index in [2.05, 4.69) is 33.0 Å². The Hall–Kier alpha value is -1.85. The van der Waals surface area contributed by atoms with Crippen molar-refractivity contribution in [3.8, 4) is 0 Å². The molecule has 0 fully saturated rings. The van der Waals surface area contributed by atoms with Gasteiger partial charge in [0.15, 0.2) is 5.82 Å². The van der Waals surface area contributed by atoms with E-state index in [1.807, 2.05) is 37.8 Å². The van der Waals surface area contributed by atoms with Crippen molar-refractivity contribution in [3.63, 3.8) is 0 Å².